The summed E-state index contributed by atoms with van der Waals surface area (Å²) in [5.41, 5.74) is 1.90. The van der Waals surface area contributed by atoms with Crippen LogP contribution in [0.3, 0.4) is 0 Å². The Morgan fingerprint density at radius 1 is 1.29 bits per heavy atom. The van der Waals surface area contributed by atoms with Gasteiger partial charge in [-0.15, -0.1) is 0 Å². The van der Waals surface area contributed by atoms with Crippen molar-refractivity contribution in [3.8, 4) is 0 Å². The first-order chi connectivity index (χ1) is 8.33. The van der Waals surface area contributed by atoms with Crippen LogP contribution in [0.2, 0.25) is 0 Å². The van der Waals surface area contributed by atoms with Crippen LogP contribution >= 0.6 is 0 Å². The summed E-state index contributed by atoms with van der Waals surface area (Å²) in [6.07, 6.45) is 1.58. The summed E-state index contributed by atoms with van der Waals surface area (Å²) < 4.78 is 5.45. The molecule has 2 rings (SSSR count). The highest BCUT2D eigenvalue weighted by atomic mass is 16.5. The summed E-state index contributed by atoms with van der Waals surface area (Å²) in [4.78, 5) is 14.2. The number of Topliss-reactive ketones (excluding diaryl/α,β-unsaturated/α-hetero) is 1. The Labute approximate surface area is 102 Å². The molecule has 1 aromatic rings. The number of rotatable bonds is 3. The number of carbonyl (C=O) groups is 1. The van der Waals surface area contributed by atoms with E-state index in [1.165, 1.54) is 0 Å². The van der Waals surface area contributed by atoms with Crippen molar-refractivity contribution in [1.82, 2.24) is 0 Å². The largest absolute Gasteiger partial charge is 0.380 e. The van der Waals surface area contributed by atoms with E-state index in [2.05, 4.69) is 4.90 Å². The second-order valence-corrected chi connectivity index (χ2v) is 4.25. The minimum absolute atomic E-state index is 0.214. The van der Waals surface area contributed by atoms with Crippen LogP contribution in [0.4, 0.5) is 5.69 Å². The van der Waals surface area contributed by atoms with Crippen molar-refractivity contribution in [2.24, 2.45) is 0 Å². The number of benzene rings is 1. The summed E-state index contributed by atoms with van der Waals surface area (Å²) in [5, 5.41) is 0. The predicted molar refractivity (Wildman–Crippen MR) is 68.7 cm³/mol. The molecular formula is C14H19NO2. The Bertz CT molecular complexity index is 382. The minimum Gasteiger partial charge on any atom is -0.380 e. The van der Waals surface area contributed by atoms with Gasteiger partial charge in [0.15, 0.2) is 5.78 Å². The summed E-state index contributed by atoms with van der Waals surface area (Å²) in [6, 6.07) is 7.88. The maximum atomic E-state index is 11.9. The molecular weight excluding hydrogens is 214 g/mol. The van der Waals surface area contributed by atoms with E-state index in [4.69, 9.17) is 4.74 Å². The van der Waals surface area contributed by atoms with Gasteiger partial charge in [0.2, 0.25) is 0 Å². The normalized spacial score (nSPS) is 16.6. The van der Waals surface area contributed by atoms with Crippen LogP contribution in [0.25, 0.3) is 0 Å². The third-order valence-electron chi connectivity index (χ3n) is 3.09. The molecule has 1 fully saturated rings. The van der Waals surface area contributed by atoms with Gasteiger partial charge in [-0.3, -0.25) is 4.79 Å². The van der Waals surface area contributed by atoms with Crippen molar-refractivity contribution in [1.29, 1.82) is 0 Å². The van der Waals surface area contributed by atoms with Gasteiger partial charge in [0.25, 0.3) is 0 Å². The first kappa shape index (κ1) is 12.1. The molecule has 0 amide bonds. The van der Waals surface area contributed by atoms with E-state index in [0.717, 1.165) is 44.0 Å². The van der Waals surface area contributed by atoms with E-state index in [-0.39, 0.29) is 5.78 Å². The Hall–Kier alpha value is -1.35. The van der Waals surface area contributed by atoms with E-state index in [1.807, 2.05) is 31.2 Å². The van der Waals surface area contributed by atoms with Crippen LogP contribution in [-0.4, -0.2) is 32.1 Å². The van der Waals surface area contributed by atoms with Gasteiger partial charge in [-0.25, -0.2) is 0 Å². The summed E-state index contributed by atoms with van der Waals surface area (Å²) in [7, 11) is 0. The van der Waals surface area contributed by atoms with E-state index in [0.29, 0.717) is 6.42 Å². The molecule has 3 heteroatoms. The molecule has 1 aromatic carbocycles. The summed E-state index contributed by atoms with van der Waals surface area (Å²) in [5.74, 6) is 0.214. The highest BCUT2D eigenvalue weighted by Crippen LogP contribution is 2.22. The Balaban J connectivity index is 2.26. The highest BCUT2D eigenvalue weighted by Gasteiger charge is 2.16. The third-order valence-corrected chi connectivity index (χ3v) is 3.09. The third kappa shape index (κ3) is 2.86. The molecule has 1 aliphatic rings. The second kappa shape index (κ2) is 5.82. The van der Waals surface area contributed by atoms with Gasteiger partial charge in [0.05, 0.1) is 6.61 Å². The smallest absolute Gasteiger partial charge is 0.164 e. The number of para-hydroxylation sites is 1. The summed E-state index contributed by atoms with van der Waals surface area (Å²) >= 11 is 0. The SMILES string of the molecule is CCC(=O)c1ccccc1N1CCCOCC1. The molecule has 0 unspecified atom stereocenters. The molecule has 0 spiro atoms. The van der Waals surface area contributed by atoms with Gasteiger partial charge in [-0.2, -0.15) is 0 Å². The quantitative estimate of drug-likeness (QED) is 0.751. The van der Waals surface area contributed by atoms with Crippen LogP contribution in [0.15, 0.2) is 24.3 Å². The Kier molecular flexibility index (Phi) is 4.15. The van der Waals surface area contributed by atoms with Crippen molar-refractivity contribution in [2.45, 2.75) is 19.8 Å². The van der Waals surface area contributed by atoms with Crippen LogP contribution in [0, 0.1) is 0 Å². The molecule has 0 atom stereocenters. The number of hydrogen-bond acceptors (Lipinski definition) is 3. The molecule has 17 heavy (non-hydrogen) atoms. The van der Waals surface area contributed by atoms with E-state index in [1.54, 1.807) is 0 Å². The second-order valence-electron chi connectivity index (χ2n) is 4.25. The molecule has 1 saturated heterocycles. The lowest BCUT2D eigenvalue weighted by molar-refractivity contribution is 0.0988. The van der Waals surface area contributed by atoms with Crippen molar-refractivity contribution in [2.75, 3.05) is 31.2 Å². The topological polar surface area (TPSA) is 29.5 Å². The fraction of sp³-hybridized carbons (Fsp3) is 0.500. The van der Waals surface area contributed by atoms with E-state index in [9.17, 15) is 4.79 Å². The zero-order valence-corrected chi connectivity index (χ0v) is 10.3. The molecule has 0 aromatic heterocycles. The molecule has 3 nitrogen and oxygen atoms in total. The molecule has 0 radical (unpaired) electrons. The predicted octanol–water partition coefficient (Wildman–Crippen LogP) is 2.51. The van der Waals surface area contributed by atoms with Crippen LogP contribution in [-0.2, 0) is 4.74 Å². The van der Waals surface area contributed by atoms with Gasteiger partial charge in [-0.05, 0) is 18.6 Å². The van der Waals surface area contributed by atoms with Gasteiger partial charge in [0.1, 0.15) is 0 Å². The van der Waals surface area contributed by atoms with Crippen molar-refractivity contribution < 1.29 is 9.53 Å². The molecule has 1 heterocycles. The molecule has 0 N–H and O–H groups in total. The first-order valence-electron chi connectivity index (χ1n) is 6.28. The lowest BCUT2D eigenvalue weighted by atomic mass is 10.1. The van der Waals surface area contributed by atoms with Crippen LogP contribution < -0.4 is 4.90 Å². The summed E-state index contributed by atoms with van der Waals surface area (Å²) in [6.45, 7) is 5.31. The monoisotopic (exact) mass is 233 g/mol. The zero-order chi connectivity index (χ0) is 12.1. The van der Waals surface area contributed by atoms with Crippen LogP contribution in [0.1, 0.15) is 30.1 Å². The van der Waals surface area contributed by atoms with E-state index >= 15 is 0 Å². The minimum atomic E-state index is 0.214. The van der Waals surface area contributed by atoms with Crippen molar-refractivity contribution in [3.63, 3.8) is 0 Å². The van der Waals surface area contributed by atoms with Crippen molar-refractivity contribution >= 4 is 11.5 Å². The number of anilines is 1. The van der Waals surface area contributed by atoms with Gasteiger partial charge in [0, 0.05) is 37.4 Å². The Morgan fingerprint density at radius 2 is 2.12 bits per heavy atom. The standard InChI is InChI=1S/C14H19NO2/c1-2-14(16)12-6-3-4-7-13(12)15-8-5-10-17-11-9-15/h3-4,6-7H,2,5,8-11H2,1H3. The molecule has 92 valence electrons. The van der Waals surface area contributed by atoms with Crippen LogP contribution in [0.5, 0.6) is 0 Å². The number of ether oxygens (including phenoxy) is 1. The number of ketones is 1. The lowest BCUT2D eigenvalue weighted by Gasteiger charge is -2.24. The maximum absolute atomic E-state index is 11.9. The number of hydrogen-bond donors (Lipinski definition) is 0. The van der Waals surface area contributed by atoms with Gasteiger partial charge in [-0.1, -0.05) is 19.1 Å². The van der Waals surface area contributed by atoms with Gasteiger partial charge >= 0.3 is 0 Å². The van der Waals surface area contributed by atoms with Crippen molar-refractivity contribution in [3.05, 3.63) is 29.8 Å². The Morgan fingerprint density at radius 3 is 2.94 bits per heavy atom. The molecule has 1 aliphatic heterocycles. The fourth-order valence-corrected chi connectivity index (χ4v) is 2.16. The fourth-order valence-electron chi connectivity index (χ4n) is 2.16. The van der Waals surface area contributed by atoms with E-state index < -0.39 is 0 Å². The molecule has 0 saturated carbocycles. The van der Waals surface area contributed by atoms with Gasteiger partial charge < -0.3 is 9.64 Å². The number of nitrogens with zero attached hydrogens (tertiary/aromatic N) is 1. The average Bonchev–Trinajstić information content (AvgIpc) is 2.66. The average molecular weight is 233 g/mol. The molecule has 0 aliphatic carbocycles. The highest BCUT2D eigenvalue weighted by molar-refractivity contribution is 6.01. The molecule has 0 bridgehead atoms. The lowest BCUT2D eigenvalue weighted by Crippen LogP contribution is -2.27. The first-order valence-corrected chi connectivity index (χ1v) is 6.28. The maximum Gasteiger partial charge on any atom is 0.164 e. The zero-order valence-electron chi connectivity index (χ0n) is 10.3. The number of carbonyl (C=O) groups excluding carboxylic acids is 1.